The van der Waals surface area contributed by atoms with Crippen molar-refractivity contribution in [1.29, 1.82) is 0 Å². The summed E-state index contributed by atoms with van der Waals surface area (Å²) in [7, 11) is 0. The van der Waals surface area contributed by atoms with Crippen LogP contribution in [0.5, 0.6) is 0 Å². The third-order valence-corrected chi connectivity index (χ3v) is 2.18. The van der Waals surface area contributed by atoms with Crippen LogP contribution in [0.4, 0.5) is 0 Å². The van der Waals surface area contributed by atoms with Crippen molar-refractivity contribution >= 4 is 24.4 Å². The van der Waals surface area contributed by atoms with Gasteiger partial charge in [0, 0.05) is 25.8 Å². The molecule has 2 amide bonds. The Morgan fingerprint density at radius 2 is 2.07 bits per heavy atom. The second kappa shape index (κ2) is 7.53. The van der Waals surface area contributed by atoms with Crippen molar-refractivity contribution in [3.8, 4) is 0 Å². The lowest BCUT2D eigenvalue weighted by Crippen LogP contribution is -2.48. The molecule has 0 aliphatic carbocycles. The van der Waals surface area contributed by atoms with Gasteiger partial charge in [0.05, 0.1) is 0 Å². The molecule has 0 aromatic carbocycles. The van der Waals surface area contributed by atoms with E-state index in [1.807, 2.05) is 6.92 Å². The van der Waals surface area contributed by atoms with E-state index >= 15 is 0 Å². The molecule has 0 bridgehead atoms. The molecule has 6 heteroatoms. The molecule has 0 radical (unpaired) electrons. The first kappa shape index (κ1) is 14.2. The van der Waals surface area contributed by atoms with Crippen molar-refractivity contribution < 1.29 is 14.7 Å². The second-order valence-electron chi connectivity index (χ2n) is 3.47. The van der Waals surface area contributed by atoms with Gasteiger partial charge in [0.2, 0.25) is 11.8 Å². The molecule has 88 valence electrons. The average molecular weight is 234 g/mol. The van der Waals surface area contributed by atoms with Crippen LogP contribution in [0, 0.1) is 5.92 Å². The SMILES string of the molecule is CC(=O)NC(CS)C(=O)NCC(C)CO. The molecule has 0 aromatic heterocycles. The van der Waals surface area contributed by atoms with E-state index in [2.05, 4.69) is 23.3 Å². The zero-order valence-corrected chi connectivity index (χ0v) is 9.88. The van der Waals surface area contributed by atoms with Gasteiger partial charge in [-0.05, 0) is 5.92 Å². The molecule has 15 heavy (non-hydrogen) atoms. The Labute approximate surface area is 95.0 Å². The number of aliphatic hydroxyl groups excluding tert-OH is 1. The first-order valence-electron chi connectivity index (χ1n) is 4.77. The van der Waals surface area contributed by atoms with Crippen molar-refractivity contribution in [2.75, 3.05) is 18.9 Å². The average Bonchev–Trinajstić information content (AvgIpc) is 2.21. The van der Waals surface area contributed by atoms with Gasteiger partial charge in [-0.3, -0.25) is 9.59 Å². The van der Waals surface area contributed by atoms with E-state index in [0.717, 1.165) is 0 Å². The van der Waals surface area contributed by atoms with Crippen LogP contribution in [0.15, 0.2) is 0 Å². The largest absolute Gasteiger partial charge is 0.396 e. The van der Waals surface area contributed by atoms with E-state index in [-0.39, 0.29) is 30.1 Å². The molecule has 0 heterocycles. The van der Waals surface area contributed by atoms with Crippen molar-refractivity contribution in [3.63, 3.8) is 0 Å². The van der Waals surface area contributed by atoms with E-state index in [1.165, 1.54) is 6.92 Å². The van der Waals surface area contributed by atoms with Gasteiger partial charge in [-0.25, -0.2) is 0 Å². The van der Waals surface area contributed by atoms with E-state index in [1.54, 1.807) is 0 Å². The predicted molar refractivity (Wildman–Crippen MR) is 60.7 cm³/mol. The van der Waals surface area contributed by atoms with Gasteiger partial charge in [-0.2, -0.15) is 12.6 Å². The van der Waals surface area contributed by atoms with Crippen molar-refractivity contribution in [2.24, 2.45) is 5.92 Å². The van der Waals surface area contributed by atoms with Gasteiger partial charge in [0.1, 0.15) is 6.04 Å². The van der Waals surface area contributed by atoms with Crippen LogP contribution in [-0.2, 0) is 9.59 Å². The Hall–Kier alpha value is -0.750. The van der Waals surface area contributed by atoms with Gasteiger partial charge in [0.15, 0.2) is 0 Å². The van der Waals surface area contributed by atoms with Gasteiger partial charge in [0.25, 0.3) is 0 Å². The number of aliphatic hydroxyl groups is 1. The predicted octanol–water partition coefficient (Wildman–Crippen LogP) is -0.835. The summed E-state index contributed by atoms with van der Waals surface area (Å²) in [6.07, 6.45) is 0. The molecule has 0 rings (SSSR count). The summed E-state index contributed by atoms with van der Waals surface area (Å²) in [5.41, 5.74) is 0. The number of hydrogen-bond acceptors (Lipinski definition) is 4. The maximum atomic E-state index is 11.5. The Morgan fingerprint density at radius 3 is 2.47 bits per heavy atom. The number of carbonyl (C=O) groups excluding carboxylic acids is 2. The molecule has 0 fully saturated rings. The minimum absolute atomic E-state index is 0.00634. The third kappa shape index (κ3) is 6.35. The Kier molecular flexibility index (Phi) is 7.15. The number of carbonyl (C=O) groups is 2. The normalized spacial score (nSPS) is 14.1. The van der Waals surface area contributed by atoms with E-state index in [0.29, 0.717) is 6.54 Å². The smallest absolute Gasteiger partial charge is 0.243 e. The first-order valence-corrected chi connectivity index (χ1v) is 5.41. The summed E-state index contributed by atoms with van der Waals surface area (Å²) in [4.78, 5) is 22.2. The van der Waals surface area contributed by atoms with Crippen LogP contribution in [0.2, 0.25) is 0 Å². The molecule has 0 aromatic rings. The van der Waals surface area contributed by atoms with Crippen LogP contribution in [-0.4, -0.2) is 41.9 Å². The lowest BCUT2D eigenvalue weighted by molar-refractivity contribution is -0.127. The van der Waals surface area contributed by atoms with Crippen molar-refractivity contribution in [3.05, 3.63) is 0 Å². The molecule has 2 unspecified atom stereocenters. The lowest BCUT2D eigenvalue weighted by atomic mass is 10.2. The number of hydrogen-bond donors (Lipinski definition) is 4. The minimum atomic E-state index is -0.614. The van der Waals surface area contributed by atoms with Crippen LogP contribution in [0.1, 0.15) is 13.8 Å². The molecular formula is C9H18N2O3S. The van der Waals surface area contributed by atoms with E-state index < -0.39 is 6.04 Å². The van der Waals surface area contributed by atoms with Crippen LogP contribution in [0.3, 0.4) is 0 Å². The van der Waals surface area contributed by atoms with E-state index in [4.69, 9.17) is 5.11 Å². The van der Waals surface area contributed by atoms with Crippen molar-refractivity contribution in [2.45, 2.75) is 19.9 Å². The number of rotatable bonds is 6. The molecular weight excluding hydrogens is 216 g/mol. The molecule has 0 aliphatic heterocycles. The lowest BCUT2D eigenvalue weighted by Gasteiger charge is -2.16. The quantitative estimate of drug-likeness (QED) is 0.453. The van der Waals surface area contributed by atoms with Gasteiger partial charge in [-0.15, -0.1) is 0 Å². The highest BCUT2D eigenvalue weighted by Gasteiger charge is 2.17. The van der Waals surface area contributed by atoms with Crippen LogP contribution >= 0.6 is 12.6 Å². The van der Waals surface area contributed by atoms with Gasteiger partial charge < -0.3 is 15.7 Å². The third-order valence-electron chi connectivity index (χ3n) is 1.81. The highest BCUT2D eigenvalue weighted by atomic mass is 32.1. The highest BCUT2D eigenvalue weighted by Crippen LogP contribution is 1.92. The minimum Gasteiger partial charge on any atom is -0.396 e. The zero-order valence-electron chi connectivity index (χ0n) is 8.99. The molecule has 2 atom stereocenters. The number of thiol groups is 1. The highest BCUT2D eigenvalue weighted by molar-refractivity contribution is 7.80. The summed E-state index contributed by atoms with van der Waals surface area (Å²) >= 11 is 3.97. The summed E-state index contributed by atoms with van der Waals surface area (Å²) in [5, 5.41) is 13.9. The second-order valence-corrected chi connectivity index (χ2v) is 3.83. The maximum Gasteiger partial charge on any atom is 0.243 e. The summed E-state index contributed by atoms with van der Waals surface area (Å²) in [6.45, 7) is 3.57. The summed E-state index contributed by atoms with van der Waals surface area (Å²) < 4.78 is 0. The summed E-state index contributed by atoms with van der Waals surface area (Å²) in [6, 6.07) is -0.614. The Bertz CT molecular complexity index is 223. The fraction of sp³-hybridized carbons (Fsp3) is 0.778. The molecule has 0 saturated carbocycles. The molecule has 0 spiro atoms. The molecule has 0 aliphatic rings. The number of nitrogens with one attached hydrogen (secondary N) is 2. The fourth-order valence-corrected chi connectivity index (χ4v) is 1.16. The van der Waals surface area contributed by atoms with Crippen LogP contribution in [0.25, 0.3) is 0 Å². The fourth-order valence-electron chi connectivity index (χ4n) is 0.902. The Balaban J connectivity index is 3.99. The summed E-state index contributed by atoms with van der Waals surface area (Å²) in [5.74, 6) is -0.286. The van der Waals surface area contributed by atoms with Crippen LogP contribution < -0.4 is 10.6 Å². The zero-order chi connectivity index (χ0) is 11.8. The molecule has 0 saturated heterocycles. The molecule has 5 nitrogen and oxygen atoms in total. The van der Waals surface area contributed by atoms with Gasteiger partial charge >= 0.3 is 0 Å². The van der Waals surface area contributed by atoms with E-state index in [9.17, 15) is 9.59 Å². The Morgan fingerprint density at radius 1 is 1.47 bits per heavy atom. The maximum absolute atomic E-state index is 11.5. The molecule has 3 N–H and O–H groups in total. The topological polar surface area (TPSA) is 78.4 Å². The monoisotopic (exact) mass is 234 g/mol. The standard InChI is InChI=1S/C9H18N2O3S/c1-6(4-12)3-10-9(14)8(5-15)11-7(2)13/h6,8,12,15H,3-5H2,1-2H3,(H,10,14)(H,11,13). The number of amides is 2. The first-order chi connectivity index (χ1) is 7.01. The van der Waals surface area contributed by atoms with Crippen molar-refractivity contribution in [1.82, 2.24) is 10.6 Å². The van der Waals surface area contributed by atoms with Gasteiger partial charge in [-0.1, -0.05) is 6.92 Å².